The molecule has 2 aromatic rings. The number of fused-ring (bicyclic) bond motifs is 3. The van der Waals surface area contributed by atoms with Gasteiger partial charge in [0.15, 0.2) is 0 Å². The maximum atomic E-state index is 6.06. The highest BCUT2D eigenvalue weighted by molar-refractivity contribution is 5.95. The molecule has 2 nitrogen and oxygen atoms in total. The quantitative estimate of drug-likeness (QED) is 0.757. The zero-order chi connectivity index (χ0) is 12.7. The molecule has 2 aliphatic rings. The summed E-state index contributed by atoms with van der Waals surface area (Å²) in [4.78, 5) is 4.82. The number of aliphatic imine (C=N–C) groups is 1. The fraction of sp³-hybridized carbons (Fsp3) is 0.235. The second kappa shape index (κ2) is 4.23. The van der Waals surface area contributed by atoms with Gasteiger partial charge >= 0.3 is 0 Å². The van der Waals surface area contributed by atoms with Gasteiger partial charge in [0.05, 0.1) is 0 Å². The van der Waals surface area contributed by atoms with E-state index in [0.29, 0.717) is 0 Å². The Morgan fingerprint density at radius 1 is 0.947 bits per heavy atom. The van der Waals surface area contributed by atoms with Gasteiger partial charge in [-0.15, -0.1) is 0 Å². The molecule has 0 aromatic heterocycles. The molecule has 2 aromatic carbocycles. The molecule has 0 saturated heterocycles. The average molecular weight is 249 g/mol. The molecule has 1 heterocycles. The van der Waals surface area contributed by atoms with Crippen molar-refractivity contribution in [1.29, 1.82) is 0 Å². The standard InChI is InChI=1S/C17H15NO/c1-2-7-13(8-3-1)17-18-16-14-9-5-4-6-12(14)10-11-15(16)19-17/h1-9,15-16H,10-11H2/t15-,16+/m1/s1. The second-order valence-corrected chi connectivity index (χ2v) is 5.14. The first-order chi connectivity index (χ1) is 9.42. The second-order valence-electron chi connectivity index (χ2n) is 5.14. The van der Waals surface area contributed by atoms with Crippen molar-refractivity contribution in [2.45, 2.75) is 25.0 Å². The van der Waals surface area contributed by atoms with E-state index in [-0.39, 0.29) is 12.1 Å². The molecule has 0 N–H and O–H groups in total. The van der Waals surface area contributed by atoms with Gasteiger partial charge in [0.25, 0.3) is 0 Å². The molecule has 0 unspecified atom stereocenters. The molecule has 19 heavy (non-hydrogen) atoms. The van der Waals surface area contributed by atoms with Crippen LogP contribution in [-0.4, -0.2) is 12.0 Å². The fourth-order valence-corrected chi connectivity index (χ4v) is 3.01. The van der Waals surface area contributed by atoms with Crippen molar-refractivity contribution < 1.29 is 4.74 Å². The number of benzene rings is 2. The van der Waals surface area contributed by atoms with E-state index in [1.54, 1.807) is 0 Å². The first-order valence-electron chi connectivity index (χ1n) is 6.79. The van der Waals surface area contributed by atoms with E-state index in [0.717, 1.165) is 24.3 Å². The topological polar surface area (TPSA) is 21.6 Å². The summed E-state index contributed by atoms with van der Waals surface area (Å²) in [6.45, 7) is 0. The number of aryl methyl sites for hydroxylation is 1. The summed E-state index contributed by atoms with van der Waals surface area (Å²) >= 11 is 0. The van der Waals surface area contributed by atoms with E-state index in [9.17, 15) is 0 Å². The molecule has 4 rings (SSSR count). The predicted octanol–water partition coefficient (Wildman–Crippen LogP) is 3.52. The Labute approximate surface area is 112 Å². The van der Waals surface area contributed by atoms with Gasteiger partial charge in [-0.05, 0) is 36.1 Å². The Hall–Kier alpha value is -2.09. The lowest BCUT2D eigenvalue weighted by molar-refractivity contribution is 0.175. The molecule has 1 aliphatic heterocycles. The zero-order valence-electron chi connectivity index (χ0n) is 10.6. The molecule has 0 radical (unpaired) electrons. The van der Waals surface area contributed by atoms with Gasteiger partial charge in [-0.3, -0.25) is 0 Å². The summed E-state index contributed by atoms with van der Waals surface area (Å²) in [6.07, 6.45) is 2.36. The Morgan fingerprint density at radius 3 is 2.63 bits per heavy atom. The molecular formula is C17H15NO. The fourth-order valence-electron chi connectivity index (χ4n) is 3.01. The van der Waals surface area contributed by atoms with Crippen LogP contribution in [0.25, 0.3) is 0 Å². The normalized spacial score (nSPS) is 24.1. The van der Waals surface area contributed by atoms with Gasteiger partial charge in [-0.25, -0.2) is 4.99 Å². The van der Waals surface area contributed by atoms with E-state index in [1.807, 2.05) is 18.2 Å². The predicted molar refractivity (Wildman–Crippen MR) is 75.4 cm³/mol. The maximum absolute atomic E-state index is 6.06. The summed E-state index contributed by atoms with van der Waals surface area (Å²) in [7, 11) is 0. The molecule has 0 spiro atoms. The smallest absolute Gasteiger partial charge is 0.217 e. The molecule has 0 amide bonds. The lowest BCUT2D eigenvalue weighted by Gasteiger charge is -2.25. The number of hydrogen-bond donors (Lipinski definition) is 0. The van der Waals surface area contributed by atoms with Gasteiger partial charge in [0.2, 0.25) is 5.90 Å². The molecule has 1 aliphatic carbocycles. The van der Waals surface area contributed by atoms with Crippen LogP contribution in [0.4, 0.5) is 0 Å². The van der Waals surface area contributed by atoms with Gasteiger partial charge in [0.1, 0.15) is 12.1 Å². The SMILES string of the molecule is c1ccc(C2=N[C@H]3c4ccccc4CC[C@H]3O2)cc1. The van der Waals surface area contributed by atoms with E-state index in [1.165, 1.54) is 11.1 Å². The van der Waals surface area contributed by atoms with Gasteiger partial charge in [0, 0.05) is 5.56 Å². The highest BCUT2D eigenvalue weighted by atomic mass is 16.5. The molecule has 2 heteroatoms. The highest BCUT2D eigenvalue weighted by Crippen LogP contribution is 2.39. The lowest BCUT2D eigenvalue weighted by atomic mass is 9.86. The van der Waals surface area contributed by atoms with E-state index < -0.39 is 0 Å². The van der Waals surface area contributed by atoms with Crippen molar-refractivity contribution in [3.63, 3.8) is 0 Å². The van der Waals surface area contributed by atoms with Crippen molar-refractivity contribution in [2.75, 3.05) is 0 Å². The minimum absolute atomic E-state index is 0.181. The molecule has 2 atom stereocenters. The highest BCUT2D eigenvalue weighted by Gasteiger charge is 2.36. The minimum Gasteiger partial charge on any atom is -0.471 e. The van der Waals surface area contributed by atoms with E-state index in [4.69, 9.17) is 9.73 Å². The van der Waals surface area contributed by atoms with Crippen LogP contribution in [0, 0.1) is 0 Å². The Balaban J connectivity index is 1.74. The van der Waals surface area contributed by atoms with E-state index in [2.05, 4.69) is 36.4 Å². The van der Waals surface area contributed by atoms with Crippen molar-refractivity contribution in [3.05, 3.63) is 71.3 Å². The van der Waals surface area contributed by atoms with Crippen LogP contribution >= 0.6 is 0 Å². The molecule has 0 fully saturated rings. The van der Waals surface area contributed by atoms with Gasteiger partial charge < -0.3 is 4.74 Å². The maximum Gasteiger partial charge on any atom is 0.217 e. The van der Waals surface area contributed by atoms with Crippen LogP contribution in [0.3, 0.4) is 0 Å². The Kier molecular flexibility index (Phi) is 2.41. The number of nitrogens with zero attached hydrogens (tertiary/aromatic N) is 1. The van der Waals surface area contributed by atoms with Crippen LogP contribution in [0.2, 0.25) is 0 Å². The van der Waals surface area contributed by atoms with Gasteiger partial charge in [-0.2, -0.15) is 0 Å². The lowest BCUT2D eigenvalue weighted by Crippen LogP contribution is -2.23. The van der Waals surface area contributed by atoms with Crippen molar-refractivity contribution in [2.24, 2.45) is 4.99 Å². The molecule has 0 bridgehead atoms. The van der Waals surface area contributed by atoms with Crippen LogP contribution in [0.15, 0.2) is 59.6 Å². The van der Waals surface area contributed by atoms with Crippen LogP contribution in [0.5, 0.6) is 0 Å². The number of ether oxygens (including phenoxy) is 1. The van der Waals surface area contributed by atoms with Crippen LogP contribution in [0.1, 0.15) is 29.2 Å². The first kappa shape index (κ1) is 10.8. The van der Waals surface area contributed by atoms with Crippen LogP contribution in [-0.2, 0) is 11.2 Å². The third-order valence-corrected chi connectivity index (χ3v) is 3.96. The monoisotopic (exact) mass is 249 g/mol. The van der Waals surface area contributed by atoms with Gasteiger partial charge in [-0.1, -0.05) is 42.5 Å². The summed E-state index contributed by atoms with van der Waals surface area (Å²) in [6, 6.07) is 19.0. The summed E-state index contributed by atoms with van der Waals surface area (Å²) < 4.78 is 6.06. The average Bonchev–Trinajstić information content (AvgIpc) is 2.93. The van der Waals surface area contributed by atoms with Crippen LogP contribution < -0.4 is 0 Å². The molecule has 94 valence electrons. The molecular weight excluding hydrogens is 234 g/mol. The summed E-state index contributed by atoms with van der Waals surface area (Å²) in [5.74, 6) is 0.798. The summed E-state index contributed by atoms with van der Waals surface area (Å²) in [5, 5.41) is 0. The first-order valence-corrected chi connectivity index (χ1v) is 6.79. The largest absolute Gasteiger partial charge is 0.471 e. The molecule has 0 saturated carbocycles. The van der Waals surface area contributed by atoms with Crippen molar-refractivity contribution >= 4 is 5.90 Å². The third kappa shape index (κ3) is 1.75. The Bertz CT molecular complexity index is 633. The van der Waals surface area contributed by atoms with Crippen molar-refractivity contribution in [1.82, 2.24) is 0 Å². The Morgan fingerprint density at radius 2 is 1.74 bits per heavy atom. The van der Waals surface area contributed by atoms with Crippen molar-refractivity contribution in [3.8, 4) is 0 Å². The summed E-state index contributed by atoms with van der Waals surface area (Å²) in [5.41, 5.74) is 3.84. The number of rotatable bonds is 1. The number of hydrogen-bond acceptors (Lipinski definition) is 2. The zero-order valence-corrected chi connectivity index (χ0v) is 10.6. The third-order valence-electron chi connectivity index (χ3n) is 3.96. The minimum atomic E-state index is 0.181. The van der Waals surface area contributed by atoms with E-state index >= 15 is 0 Å².